The summed E-state index contributed by atoms with van der Waals surface area (Å²) in [5, 5.41) is 12.9. The Labute approximate surface area is 111 Å². The molecule has 2 aliphatic rings. The number of benzene rings is 1. The van der Waals surface area contributed by atoms with Gasteiger partial charge in [-0.25, -0.2) is 0 Å². The predicted octanol–water partition coefficient (Wildman–Crippen LogP) is 0.0385. The Hall–Kier alpha value is -1.88. The van der Waals surface area contributed by atoms with Gasteiger partial charge in [0.25, 0.3) is 5.91 Å². The average Bonchev–Trinajstić information content (AvgIpc) is 2.81. The fraction of sp³-hybridized carbons (Fsp3) is 0.429. The molecule has 100 valence electrons. The third-order valence-corrected chi connectivity index (χ3v) is 3.87. The average molecular weight is 260 g/mol. The van der Waals surface area contributed by atoms with E-state index in [9.17, 15) is 14.7 Å². The largest absolute Gasteiger partial charge is 0.363 e. The number of nitrogens with zero attached hydrogens (tertiary/aromatic N) is 1. The second-order valence-electron chi connectivity index (χ2n) is 5.13. The molecule has 2 heterocycles. The Morgan fingerprint density at radius 3 is 2.79 bits per heavy atom. The van der Waals surface area contributed by atoms with Crippen LogP contribution in [0.15, 0.2) is 30.3 Å². The van der Waals surface area contributed by atoms with E-state index in [0.29, 0.717) is 25.8 Å². The van der Waals surface area contributed by atoms with Crippen molar-refractivity contribution in [2.45, 2.75) is 31.0 Å². The normalized spacial score (nSPS) is 30.2. The number of carbonyl (C=O) groups excluding carboxylic acids is 2. The van der Waals surface area contributed by atoms with Crippen LogP contribution in [0.3, 0.4) is 0 Å². The van der Waals surface area contributed by atoms with Gasteiger partial charge in [-0.3, -0.25) is 9.59 Å². The molecule has 5 heteroatoms. The van der Waals surface area contributed by atoms with E-state index in [0.717, 1.165) is 5.56 Å². The quantitative estimate of drug-likeness (QED) is 0.788. The molecule has 2 amide bonds. The third kappa shape index (κ3) is 1.90. The number of carbonyl (C=O) groups is 2. The maximum Gasteiger partial charge on any atom is 0.274 e. The fourth-order valence-electron chi connectivity index (χ4n) is 2.84. The molecule has 3 rings (SSSR count). The number of piperazine rings is 1. The summed E-state index contributed by atoms with van der Waals surface area (Å²) in [4.78, 5) is 25.6. The zero-order valence-electron chi connectivity index (χ0n) is 10.5. The number of hydrogen-bond donors (Lipinski definition) is 2. The Morgan fingerprint density at radius 2 is 2.05 bits per heavy atom. The monoisotopic (exact) mass is 260 g/mol. The van der Waals surface area contributed by atoms with Crippen LogP contribution in [-0.4, -0.2) is 40.1 Å². The van der Waals surface area contributed by atoms with E-state index >= 15 is 0 Å². The minimum absolute atomic E-state index is 0.191. The van der Waals surface area contributed by atoms with Crippen molar-refractivity contribution >= 4 is 11.8 Å². The van der Waals surface area contributed by atoms with Crippen molar-refractivity contribution in [2.24, 2.45) is 0 Å². The topological polar surface area (TPSA) is 69.6 Å². The summed E-state index contributed by atoms with van der Waals surface area (Å²) in [5.74, 6) is -0.644. The predicted molar refractivity (Wildman–Crippen MR) is 68.0 cm³/mol. The van der Waals surface area contributed by atoms with Crippen molar-refractivity contribution in [3.63, 3.8) is 0 Å². The van der Waals surface area contributed by atoms with Crippen LogP contribution in [0.1, 0.15) is 18.4 Å². The van der Waals surface area contributed by atoms with Gasteiger partial charge in [0.1, 0.15) is 6.04 Å². The van der Waals surface area contributed by atoms with Crippen molar-refractivity contribution < 1.29 is 14.7 Å². The molecule has 5 nitrogen and oxygen atoms in total. The minimum Gasteiger partial charge on any atom is -0.363 e. The van der Waals surface area contributed by atoms with E-state index in [1.807, 2.05) is 30.3 Å². The summed E-state index contributed by atoms with van der Waals surface area (Å²) < 4.78 is 0. The molecule has 2 N–H and O–H groups in total. The highest BCUT2D eigenvalue weighted by atomic mass is 16.3. The SMILES string of the molecule is O=C1C(Cc2ccccc2)NC(=O)C2(O)CCCN12. The Balaban J connectivity index is 1.81. The molecule has 1 aromatic carbocycles. The van der Waals surface area contributed by atoms with Gasteiger partial charge in [-0.05, 0) is 12.0 Å². The van der Waals surface area contributed by atoms with E-state index in [1.54, 1.807) is 0 Å². The molecule has 2 atom stereocenters. The summed E-state index contributed by atoms with van der Waals surface area (Å²) in [5.41, 5.74) is -0.629. The third-order valence-electron chi connectivity index (χ3n) is 3.87. The summed E-state index contributed by atoms with van der Waals surface area (Å²) in [6.07, 6.45) is 1.44. The van der Waals surface area contributed by atoms with Crippen molar-refractivity contribution in [1.29, 1.82) is 0 Å². The molecule has 0 aromatic heterocycles. The second-order valence-corrected chi connectivity index (χ2v) is 5.13. The first-order valence-electron chi connectivity index (χ1n) is 6.50. The van der Waals surface area contributed by atoms with Gasteiger partial charge < -0.3 is 15.3 Å². The number of hydrogen-bond acceptors (Lipinski definition) is 3. The van der Waals surface area contributed by atoms with E-state index in [-0.39, 0.29) is 5.91 Å². The van der Waals surface area contributed by atoms with Gasteiger partial charge in [0.15, 0.2) is 0 Å². The molecule has 2 fully saturated rings. The summed E-state index contributed by atoms with van der Waals surface area (Å²) in [6, 6.07) is 8.97. The molecule has 0 aliphatic carbocycles. The smallest absolute Gasteiger partial charge is 0.274 e. The van der Waals surface area contributed by atoms with E-state index < -0.39 is 17.7 Å². The lowest BCUT2D eigenvalue weighted by atomic mass is 9.99. The van der Waals surface area contributed by atoms with Crippen LogP contribution in [0.5, 0.6) is 0 Å². The number of aliphatic hydroxyl groups is 1. The Kier molecular flexibility index (Phi) is 2.78. The van der Waals surface area contributed by atoms with Crippen LogP contribution in [0.4, 0.5) is 0 Å². The van der Waals surface area contributed by atoms with Crippen LogP contribution in [0.25, 0.3) is 0 Å². The first-order chi connectivity index (χ1) is 9.11. The highest BCUT2D eigenvalue weighted by Crippen LogP contribution is 2.31. The summed E-state index contributed by atoms with van der Waals surface area (Å²) >= 11 is 0. The number of fused-ring (bicyclic) bond motifs is 1. The Bertz CT molecular complexity index is 517. The molecular formula is C14H16N2O3. The molecule has 2 aliphatic heterocycles. The molecule has 0 spiro atoms. The van der Waals surface area contributed by atoms with Gasteiger partial charge >= 0.3 is 0 Å². The van der Waals surface area contributed by atoms with Crippen LogP contribution in [0, 0.1) is 0 Å². The maximum absolute atomic E-state index is 12.3. The fourth-order valence-corrected chi connectivity index (χ4v) is 2.84. The van der Waals surface area contributed by atoms with Crippen LogP contribution in [0.2, 0.25) is 0 Å². The van der Waals surface area contributed by atoms with Crippen LogP contribution in [-0.2, 0) is 16.0 Å². The minimum atomic E-state index is -1.62. The van der Waals surface area contributed by atoms with Gasteiger partial charge in [-0.1, -0.05) is 30.3 Å². The van der Waals surface area contributed by atoms with Gasteiger partial charge in [-0.15, -0.1) is 0 Å². The highest BCUT2D eigenvalue weighted by molar-refractivity contribution is 5.99. The summed E-state index contributed by atoms with van der Waals surface area (Å²) in [6.45, 7) is 0.452. The standard InChI is InChI=1S/C14H16N2O3/c17-12-11(9-10-5-2-1-3-6-10)15-13(18)14(19)7-4-8-16(12)14/h1-3,5-6,11,19H,4,7-9H2,(H,15,18). The molecule has 2 saturated heterocycles. The maximum atomic E-state index is 12.3. The van der Waals surface area contributed by atoms with Crippen LogP contribution >= 0.6 is 0 Å². The first kappa shape index (κ1) is 12.2. The van der Waals surface area contributed by atoms with Crippen molar-refractivity contribution in [1.82, 2.24) is 10.2 Å². The molecule has 0 radical (unpaired) electrons. The Morgan fingerprint density at radius 1 is 1.32 bits per heavy atom. The first-order valence-corrected chi connectivity index (χ1v) is 6.50. The van der Waals surface area contributed by atoms with Gasteiger partial charge in [0.05, 0.1) is 0 Å². The van der Waals surface area contributed by atoms with E-state index in [2.05, 4.69) is 5.32 Å². The lowest BCUT2D eigenvalue weighted by Gasteiger charge is -2.40. The molecule has 0 saturated carbocycles. The molecule has 2 unspecified atom stereocenters. The second kappa shape index (κ2) is 4.35. The number of amides is 2. The van der Waals surface area contributed by atoms with Crippen molar-refractivity contribution in [2.75, 3.05) is 6.54 Å². The van der Waals surface area contributed by atoms with Crippen molar-refractivity contribution in [3.05, 3.63) is 35.9 Å². The lowest BCUT2D eigenvalue weighted by Crippen LogP contribution is -2.68. The van der Waals surface area contributed by atoms with E-state index in [1.165, 1.54) is 4.90 Å². The molecule has 0 bridgehead atoms. The van der Waals surface area contributed by atoms with Gasteiger partial charge in [0, 0.05) is 19.4 Å². The zero-order valence-corrected chi connectivity index (χ0v) is 10.5. The molecular weight excluding hydrogens is 244 g/mol. The van der Waals surface area contributed by atoms with Gasteiger partial charge in [-0.2, -0.15) is 0 Å². The number of rotatable bonds is 2. The van der Waals surface area contributed by atoms with Crippen molar-refractivity contribution in [3.8, 4) is 0 Å². The number of nitrogens with one attached hydrogen (secondary N) is 1. The summed E-state index contributed by atoms with van der Waals surface area (Å²) in [7, 11) is 0. The molecule has 1 aromatic rings. The zero-order chi connectivity index (χ0) is 13.5. The molecule has 19 heavy (non-hydrogen) atoms. The van der Waals surface area contributed by atoms with Crippen LogP contribution < -0.4 is 5.32 Å². The highest BCUT2D eigenvalue weighted by Gasteiger charge is 2.53. The lowest BCUT2D eigenvalue weighted by molar-refractivity contribution is -0.177. The van der Waals surface area contributed by atoms with Gasteiger partial charge in [0.2, 0.25) is 11.6 Å². The van der Waals surface area contributed by atoms with E-state index in [4.69, 9.17) is 0 Å².